The third-order valence-electron chi connectivity index (χ3n) is 5.02. The molecule has 1 unspecified atom stereocenters. The minimum absolute atomic E-state index is 0.0761. The molecule has 158 valence electrons. The molecule has 0 radical (unpaired) electrons. The van der Waals surface area contributed by atoms with E-state index in [2.05, 4.69) is 15.4 Å². The van der Waals surface area contributed by atoms with Crippen molar-refractivity contribution in [3.05, 3.63) is 57.3 Å². The zero-order valence-corrected chi connectivity index (χ0v) is 16.8. The van der Waals surface area contributed by atoms with Gasteiger partial charge in [0, 0.05) is 24.7 Å². The Bertz CT molecular complexity index is 1180. The maximum atomic E-state index is 14.1. The van der Waals surface area contributed by atoms with Gasteiger partial charge in [-0.25, -0.2) is 13.8 Å². The molecular weight excluding hydrogens is 419 g/mol. The lowest BCUT2D eigenvalue weighted by Gasteiger charge is -2.22. The number of halogens is 3. The van der Waals surface area contributed by atoms with Crippen LogP contribution < -0.4 is 15.8 Å². The summed E-state index contributed by atoms with van der Waals surface area (Å²) in [4.78, 5) is 31.0. The quantitative estimate of drug-likeness (QED) is 0.663. The second-order valence-electron chi connectivity index (χ2n) is 6.92. The molecule has 3 heterocycles. The van der Waals surface area contributed by atoms with Gasteiger partial charge < -0.3 is 10.2 Å². The molecule has 0 saturated carbocycles. The molecular formula is C19H18F3N5O2S. The van der Waals surface area contributed by atoms with Crippen LogP contribution in [-0.2, 0) is 17.8 Å². The molecule has 1 aliphatic heterocycles. The van der Waals surface area contributed by atoms with Gasteiger partial charge in [0.25, 0.3) is 0 Å². The fraction of sp³-hybridized carbons (Fsp3) is 0.368. The largest absolute Gasteiger partial charge is 0.350 e. The number of carbonyl (C=O) groups excluding carboxylic acids is 1. The van der Waals surface area contributed by atoms with E-state index in [1.807, 2.05) is 0 Å². The van der Waals surface area contributed by atoms with Crippen molar-refractivity contribution in [1.29, 1.82) is 0 Å². The number of aromatic nitrogens is 3. The first-order valence-electron chi connectivity index (χ1n) is 9.45. The standard InChI is InChI=1S/C19H18F3N5O2S/c1-2-13-15(22)17(29)27-18(24-13)30-19(25-27)26-7-3-4-14(26)16(28)23-9-10-5-6-11(20)8-12(10)21/h5-6,8,14H,2-4,7,9H2,1H3,(H,23,28). The van der Waals surface area contributed by atoms with Crippen LogP contribution in [-0.4, -0.2) is 33.1 Å². The summed E-state index contributed by atoms with van der Waals surface area (Å²) in [7, 11) is 0. The second-order valence-corrected chi connectivity index (χ2v) is 7.85. The minimum Gasteiger partial charge on any atom is -0.350 e. The Morgan fingerprint density at radius 3 is 2.87 bits per heavy atom. The summed E-state index contributed by atoms with van der Waals surface area (Å²) in [6.07, 6.45) is 1.54. The molecule has 0 aliphatic carbocycles. The van der Waals surface area contributed by atoms with Gasteiger partial charge in [-0.15, -0.1) is 5.10 Å². The van der Waals surface area contributed by atoms with Gasteiger partial charge in [-0.3, -0.25) is 9.59 Å². The first-order chi connectivity index (χ1) is 14.4. The maximum Gasteiger partial charge on any atom is 0.311 e. The van der Waals surface area contributed by atoms with Gasteiger partial charge >= 0.3 is 5.56 Å². The molecule has 1 aromatic carbocycles. The maximum absolute atomic E-state index is 14.1. The van der Waals surface area contributed by atoms with E-state index in [1.165, 1.54) is 6.07 Å². The summed E-state index contributed by atoms with van der Waals surface area (Å²) in [5, 5.41) is 7.22. The van der Waals surface area contributed by atoms with Crippen LogP contribution in [0.4, 0.5) is 18.3 Å². The number of nitrogens with zero attached hydrogens (tertiary/aromatic N) is 4. The van der Waals surface area contributed by atoms with Crippen molar-refractivity contribution in [2.75, 3.05) is 11.4 Å². The number of anilines is 1. The van der Waals surface area contributed by atoms with Crippen LogP contribution in [0.25, 0.3) is 4.96 Å². The Labute approximate surface area is 173 Å². The van der Waals surface area contributed by atoms with Crippen LogP contribution in [0.2, 0.25) is 0 Å². The topological polar surface area (TPSA) is 79.6 Å². The van der Waals surface area contributed by atoms with Crippen molar-refractivity contribution in [3.63, 3.8) is 0 Å². The van der Waals surface area contributed by atoms with Crippen LogP contribution in [0.15, 0.2) is 23.0 Å². The number of amides is 1. The van der Waals surface area contributed by atoms with E-state index in [-0.39, 0.29) is 35.1 Å². The van der Waals surface area contributed by atoms with Crippen LogP contribution >= 0.6 is 11.3 Å². The first-order valence-corrected chi connectivity index (χ1v) is 10.3. The second kappa shape index (κ2) is 8.05. The molecule has 1 fully saturated rings. The molecule has 11 heteroatoms. The highest BCUT2D eigenvalue weighted by molar-refractivity contribution is 7.20. The number of fused-ring (bicyclic) bond motifs is 1. The number of carbonyl (C=O) groups is 1. The minimum atomic E-state index is -0.927. The van der Waals surface area contributed by atoms with Crippen molar-refractivity contribution >= 4 is 27.3 Å². The number of hydrogen-bond donors (Lipinski definition) is 1. The van der Waals surface area contributed by atoms with Gasteiger partial charge in [-0.2, -0.15) is 8.91 Å². The first kappa shape index (κ1) is 20.3. The molecule has 3 aromatic rings. The number of aryl methyl sites for hydroxylation is 1. The molecule has 2 aromatic heterocycles. The predicted molar refractivity (Wildman–Crippen MR) is 105 cm³/mol. The Kier molecular flexibility index (Phi) is 5.46. The average Bonchev–Trinajstić information content (AvgIpc) is 3.36. The van der Waals surface area contributed by atoms with E-state index in [4.69, 9.17) is 0 Å². The summed E-state index contributed by atoms with van der Waals surface area (Å²) >= 11 is 1.10. The summed E-state index contributed by atoms with van der Waals surface area (Å²) in [5.41, 5.74) is -0.619. The molecule has 30 heavy (non-hydrogen) atoms. The Morgan fingerprint density at radius 2 is 2.13 bits per heavy atom. The lowest BCUT2D eigenvalue weighted by atomic mass is 10.1. The van der Waals surface area contributed by atoms with Crippen LogP contribution in [0.5, 0.6) is 0 Å². The highest BCUT2D eigenvalue weighted by atomic mass is 32.1. The van der Waals surface area contributed by atoms with Crippen LogP contribution in [0, 0.1) is 17.5 Å². The third kappa shape index (κ3) is 3.64. The van der Waals surface area contributed by atoms with E-state index in [9.17, 15) is 22.8 Å². The summed E-state index contributed by atoms with van der Waals surface area (Å²) in [6.45, 7) is 2.15. The van der Waals surface area contributed by atoms with Crippen molar-refractivity contribution in [2.45, 2.75) is 38.8 Å². The third-order valence-corrected chi connectivity index (χ3v) is 5.96. The van der Waals surface area contributed by atoms with Gasteiger partial charge in [0.1, 0.15) is 17.7 Å². The van der Waals surface area contributed by atoms with Gasteiger partial charge in [0.2, 0.25) is 21.8 Å². The lowest BCUT2D eigenvalue weighted by molar-refractivity contribution is -0.122. The Balaban J connectivity index is 1.55. The summed E-state index contributed by atoms with van der Waals surface area (Å²) < 4.78 is 41.8. The van der Waals surface area contributed by atoms with Crippen LogP contribution in [0.3, 0.4) is 0 Å². The Hall–Kier alpha value is -2.95. The predicted octanol–water partition coefficient (Wildman–Crippen LogP) is 2.42. The van der Waals surface area contributed by atoms with Crippen molar-refractivity contribution < 1.29 is 18.0 Å². The van der Waals surface area contributed by atoms with Crippen molar-refractivity contribution in [3.8, 4) is 0 Å². The van der Waals surface area contributed by atoms with Crippen molar-refractivity contribution in [2.24, 2.45) is 0 Å². The van der Waals surface area contributed by atoms with Crippen LogP contribution in [0.1, 0.15) is 31.0 Å². The molecule has 4 rings (SSSR count). The highest BCUT2D eigenvalue weighted by Gasteiger charge is 2.33. The SMILES string of the molecule is CCc1nc2sc(N3CCCC3C(=O)NCc3ccc(F)cc3F)nn2c(=O)c1F. The monoisotopic (exact) mass is 437 g/mol. The summed E-state index contributed by atoms with van der Waals surface area (Å²) in [5.74, 6) is -2.68. The van der Waals surface area contributed by atoms with Gasteiger partial charge in [0.15, 0.2) is 0 Å². The van der Waals surface area contributed by atoms with Crippen molar-refractivity contribution in [1.82, 2.24) is 19.9 Å². The molecule has 1 aliphatic rings. The van der Waals surface area contributed by atoms with E-state index < -0.39 is 29.1 Å². The van der Waals surface area contributed by atoms with Gasteiger partial charge in [-0.05, 0) is 25.3 Å². The van der Waals surface area contributed by atoms with E-state index >= 15 is 0 Å². The normalized spacial score (nSPS) is 16.4. The van der Waals surface area contributed by atoms with E-state index in [0.29, 0.717) is 18.1 Å². The lowest BCUT2D eigenvalue weighted by Crippen LogP contribution is -2.43. The summed E-state index contributed by atoms with van der Waals surface area (Å²) in [6, 6.07) is 2.60. The number of benzene rings is 1. The molecule has 1 N–H and O–H groups in total. The Morgan fingerprint density at radius 1 is 1.33 bits per heavy atom. The molecule has 1 amide bonds. The molecule has 0 bridgehead atoms. The number of rotatable bonds is 5. The number of nitrogens with one attached hydrogen (secondary N) is 1. The highest BCUT2D eigenvalue weighted by Crippen LogP contribution is 2.29. The fourth-order valence-electron chi connectivity index (χ4n) is 3.44. The molecule has 1 saturated heterocycles. The molecule has 1 atom stereocenters. The van der Waals surface area contributed by atoms with E-state index in [1.54, 1.807) is 11.8 Å². The zero-order valence-electron chi connectivity index (χ0n) is 16.0. The fourth-order valence-corrected chi connectivity index (χ4v) is 4.43. The van der Waals surface area contributed by atoms with Gasteiger partial charge in [-0.1, -0.05) is 24.3 Å². The number of hydrogen-bond acceptors (Lipinski definition) is 6. The zero-order chi connectivity index (χ0) is 21.4. The average molecular weight is 437 g/mol. The van der Waals surface area contributed by atoms with E-state index in [0.717, 1.165) is 34.4 Å². The molecule has 0 spiro atoms. The molecule has 7 nitrogen and oxygen atoms in total. The van der Waals surface area contributed by atoms with Gasteiger partial charge in [0.05, 0.1) is 5.69 Å². The smallest absolute Gasteiger partial charge is 0.311 e.